The first-order chi connectivity index (χ1) is 14.7. The second kappa shape index (κ2) is 9.30. The van der Waals surface area contributed by atoms with Gasteiger partial charge in [0.2, 0.25) is 23.2 Å². The summed E-state index contributed by atoms with van der Waals surface area (Å²) in [6.07, 6.45) is 4.09. The van der Waals surface area contributed by atoms with Crippen molar-refractivity contribution in [2.75, 3.05) is 10.7 Å². The topological polar surface area (TPSA) is 81.3 Å². The zero-order chi connectivity index (χ0) is 20.9. The second-order valence-corrected chi connectivity index (χ2v) is 8.03. The molecule has 0 spiro atoms. The standard InChI is InChI=1S/C22H24N4O3S/c1-3-5-14-30-22-23-20-19(24-25-22)15-10-6-7-11-16(15)26(18(27)9-4-2)21(29-20)17-12-8-13-28-17/h6-8,10-13,21H,3-5,9,14H2,1-2H3/t21-/m0/s1. The first-order valence-electron chi connectivity index (χ1n) is 10.2. The lowest BCUT2D eigenvalue weighted by atomic mass is 10.1. The molecule has 7 nitrogen and oxygen atoms in total. The minimum absolute atomic E-state index is 0.0512. The van der Waals surface area contributed by atoms with E-state index >= 15 is 0 Å². The quantitative estimate of drug-likeness (QED) is 0.378. The van der Waals surface area contributed by atoms with Gasteiger partial charge in [-0.2, -0.15) is 4.98 Å². The molecule has 1 atom stereocenters. The maximum absolute atomic E-state index is 13.2. The molecule has 30 heavy (non-hydrogen) atoms. The van der Waals surface area contributed by atoms with Gasteiger partial charge in [-0.15, -0.1) is 10.2 Å². The number of hydrogen-bond acceptors (Lipinski definition) is 7. The number of ether oxygens (including phenoxy) is 1. The number of furan rings is 1. The van der Waals surface area contributed by atoms with Gasteiger partial charge >= 0.3 is 0 Å². The molecule has 8 heteroatoms. The highest BCUT2D eigenvalue weighted by Gasteiger charge is 2.36. The highest BCUT2D eigenvalue weighted by Crippen LogP contribution is 2.43. The molecule has 1 aliphatic rings. The number of thioether (sulfide) groups is 1. The summed E-state index contributed by atoms with van der Waals surface area (Å²) in [4.78, 5) is 19.4. The van der Waals surface area contributed by atoms with Crippen molar-refractivity contribution in [2.45, 2.75) is 50.9 Å². The summed E-state index contributed by atoms with van der Waals surface area (Å²) < 4.78 is 11.9. The van der Waals surface area contributed by atoms with E-state index in [1.54, 1.807) is 35.1 Å². The number of amides is 1. The number of unbranched alkanes of at least 4 members (excludes halogenated alkanes) is 1. The van der Waals surface area contributed by atoms with Crippen LogP contribution in [0.1, 0.15) is 51.5 Å². The van der Waals surface area contributed by atoms with Crippen LogP contribution in [0.3, 0.4) is 0 Å². The van der Waals surface area contributed by atoms with Gasteiger partial charge in [-0.3, -0.25) is 9.69 Å². The zero-order valence-electron chi connectivity index (χ0n) is 17.1. The maximum atomic E-state index is 13.2. The number of carbonyl (C=O) groups is 1. The Bertz CT molecular complexity index is 1010. The van der Waals surface area contributed by atoms with Gasteiger partial charge in [-0.05, 0) is 31.0 Å². The Morgan fingerprint density at radius 3 is 2.77 bits per heavy atom. The van der Waals surface area contributed by atoms with E-state index < -0.39 is 6.23 Å². The van der Waals surface area contributed by atoms with Gasteiger partial charge in [0.05, 0.1) is 12.0 Å². The molecule has 3 heterocycles. The SMILES string of the molecule is CCCCSc1nnc2c(n1)O[C@@H](c1ccco1)N(C(=O)CCC)c1ccccc1-2. The van der Waals surface area contributed by atoms with Gasteiger partial charge in [0.1, 0.15) is 0 Å². The Balaban J connectivity index is 1.83. The molecule has 1 aromatic carbocycles. The smallest absolute Gasteiger partial charge is 0.247 e. The van der Waals surface area contributed by atoms with Crippen molar-refractivity contribution in [3.63, 3.8) is 0 Å². The molecule has 3 aromatic rings. The van der Waals surface area contributed by atoms with Crippen molar-refractivity contribution >= 4 is 23.4 Å². The molecule has 1 amide bonds. The minimum Gasteiger partial charge on any atom is -0.463 e. The molecule has 0 unspecified atom stereocenters. The molecular weight excluding hydrogens is 400 g/mol. The number of fused-ring (bicyclic) bond motifs is 3. The number of aromatic nitrogens is 3. The second-order valence-electron chi connectivity index (χ2n) is 6.97. The summed E-state index contributed by atoms with van der Waals surface area (Å²) in [5.74, 6) is 1.74. The van der Waals surface area contributed by atoms with E-state index in [0.29, 0.717) is 34.6 Å². The van der Waals surface area contributed by atoms with Crippen molar-refractivity contribution in [3.8, 4) is 17.1 Å². The number of hydrogen-bond donors (Lipinski definition) is 0. The lowest BCUT2D eigenvalue weighted by molar-refractivity contribution is -0.120. The minimum atomic E-state index is -0.772. The van der Waals surface area contributed by atoms with Crippen LogP contribution in [0.25, 0.3) is 11.3 Å². The molecule has 2 aromatic heterocycles. The Hall–Kier alpha value is -2.87. The first-order valence-corrected chi connectivity index (χ1v) is 11.2. The molecule has 156 valence electrons. The lowest BCUT2D eigenvalue weighted by Crippen LogP contribution is -2.37. The monoisotopic (exact) mass is 424 g/mol. The van der Waals surface area contributed by atoms with Crippen LogP contribution >= 0.6 is 11.8 Å². The molecule has 0 N–H and O–H groups in total. The van der Waals surface area contributed by atoms with Crippen molar-refractivity contribution in [3.05, 3.63) is 48.4 Å². The van der Waals surface area contributed by atoms with Crippen LogP contribution in [-0.2, 0) is 4.79 Å². The van der Waals surface area contributed by atoms with Crippen molar-refractivity contribution < 1.29 is 13.9 Å². The average molecular weight is 425 g/mol. The van der Waals surface area contributed by atoms with E-state index in [4.69, 9.17) is 9.15 Å². The van der Waals surface area contributed by atoms with Crippen LogP contribution in [0.4, 0.5) is 5.69 Å². The Morgan fingerprint density at radius 1 is 1.13 bits per heavy atom. The summed E-state index contributed by atoms with van der Waals surface area (Å²) >= 11 is 1.55. The van der Waals surface area contributed by atoms with Crippen LogP contribution < -0.4 is 9.64 Å². The van der Waals surface area contributed by atoms with Crippen molar-refractivity contribution in [1.82, 2.24) is 15.2 Å². The summed E-state index contributed by atoms with van der Waals surface area (Å²) in [6.45, 7) is 4.12. The normalized spacial score (nSPS) is 15.1. The number of anilines is 1. The summed E-state index contributed by atoms with van der Waals surface area (Å²) in [7, 11) is 0. The van der Waals surface area contributed by atoms with Crippen LogP contribution in [0.2, 0.25) is 0 Å². The number of nitrogens with zero attached hydrogens (tertiary/aromatic N) is 4. The van der Waals surface area contributed by atoms with Crippen LogP contribution in [0.15, 0.2) is 52.2 Å². The van der Waals surface area contributed by atoms with Crippen LogP contribution in [0, 0.1) is 0 Å². The van der Waals surface area contributed by atoms with Gasteiger partial charge in [-0.25, -0.2) is 0 Å². The van der Waals surface area contributed by atoms with Crippen molar-refractivity contribution in [2.24, 2.45) is 0 Å². The highest BCUT2D eigenvalue weighted by molar-refractivity contribution is 7.99. The molecule has 4 rings (SSSR count). The van der Waals surface area contributed by atoms with Gasteiger partial charge < -0.3 is 9.15 Å². The third kappa shape index (κ3) is 4.05. The number of benzene rings is 1. The Morgan fingerprint density at radius 2 is 2.00 bits per heavy atom. The van der Waals surface area contributed by atoms with E-state index in [0.717, 1.165) is 30.6 Å². The molecule has 0 bridgehead atoms. The van der Waals surface area contributed by atoms with Gasteiger partial charge in [0.25, 0.3) is 0 Å². The van der Waals surface area contributed by atoms with Crippen LogP contribution in [-0.4, -0.2) is 26.8 Å². The lowest BCUT2D eigenvalue weighted by Gasteiger charge is -2.29. The van der Waals surface area contributed by atoms with Crippen LogP contribution in [0.5, 0.6) is 5.88 Å². The van der Waals surface area contributed by atoms with E-state index in [9.17, 15) is 4.79 Å². The molecular formula is C22H24N4O3S. The molecule has 1 aliphatic heterocycles. The largest absolute Gasteiger partial charge is 0.463 e. The Labute approximate surface area is 179 Å². The molecule has 0 saturated heterocycles. The van der Waals surface area contributed by atoms with Gasteiger partial charge in [0, 0.05) is 17.7 Å². The Kier molecular flexibility index (Phi) is 6.32. The molecule has 0 radical (unpaired) electrons. The zero-order valence-corrected chi connectivity index (χ0v) is 17.9. The highest BCUT2D eigenvalue weighted by atomic mass is 32.2. The summed E-state index contributed by atoms with van der Waals surface area (Å²) in [5, 5.41) is 9.28. The third-order valence-electron chi connectivity index (χ3n) is 4.76. The average Bonchev–Trinajstić information content (AvgIpc) is 3.24. The van der Waals surface area contributed by atoms with E-state index in [-0.39, 0.29) is 5.91 Å². The number of rotatable bonds is 7. The van der Waals surface area contributed by atoms with E-state index in [1.165, 1.54) is 0 Å². The fraction of sp³-hybridized carbons (Fsp3) is 0.364. The molecule has 0 fully saturated rings. The number of para-hydroxylation sites is 1. The fourth-order valence-corrected chi connectivity index (χ4v) is 4.16. The number of carbonyl (C=O) groups excluding carboxylic acids is 1. The van der Waals surface area contributed by atoms with Crippen molar-refractivity contribution in [1.29, 1.82) is 0 Å². The third-order valence-corrected chi connectivity index (χ3v) is 5.68. The van der Waals surface area contributed by atoms with Gasteiger partial charge in [-0.1, -0.05) is 50.2 Å². The summed E-state index contributed by atoms with van der Waals surface area (Å²) in [6, 6.07) is 11.2. The predicted molar refractivity (Wildman–Crippen MR) is 115 cm³/mol. The molecule has 0 aliphatic carbocycles. The fourth-order valence-electron chi connectivity index (χ4n) is 3.30. The summed E-state index contributed by atoms with van der Waals surface area (Å²) in [5.41, 5.74) is 1.99. The first kappa shape index (κ1) is 20.4. The molecule has 0 saturated carbocycles. The van der Waals surface area contributed by atoms with E-state index in [1.807, 2.05) is 31.2 Å². The van der Waals surface area contributed by atoms with E-state index in [2.05, 4.69) is 22.1 Å². The predicted octanol–water partition coefficient (Wildman–Crippen LogP) is 5.25. The maximum Gasteiger partial charge on any atom is 0.247 e. The van der Waals surface area contributed by atoms with Gasteiger partial charge in [0.15, 0.2) is 11.5 Å².